The van der Waals surface area contributed by atoms with Crippen molar-refractivity contribution < 1.29 is 0 Å². The van der Waals surface area contributed by atoms with E-state index in [0.29, 0.717) is 0 Å². The molecule has 3 aromatic rings. The summed E-state index contributed by atoms with van der Waals surface area (Å²) in [6, 6.07) is 19.4. The second kappa shape index (κ2) is 5.45. The average Bonchev–Trinajstić information content (AvgIpc) is 2.93. The molecule has 0 aliphatic carbocycles. The summed E-state index contributed by atoms with van der Waals surface area (Å²) in [6.07, 6.45) is 1.12. The molecule has 1 heterocycles. The van der Waals surface area contributed by atoms with E-state index < -0.39 is 0 Å². The van der Waals surface area contributed by atoms with Crippen LogP contribution in [0.25, 0.3) is 10.8 Å². The van der Waals surface area contributed by atoms with E-state index in [-0.39, 0.29) is 0 Å². The number of aryl methyl sites for hydroxylation is 1. The van der Waals surface area contributed by atoms with Crippen LogP contribution < -0.4 is 5.32 Å². The van der Waals surface area contributed by atoms with Crippen LogP contribution in [0.5, 0.6) is 0 Å². The molecule has 0 fully saturated rings. The first-order valence-corrected chi connectivity index (χ1v) is 7.47. The molecule has 1 nitrogen and oxygen atoms in total. The van der Waals surface area contributed by atoms with E-state index in [2.05, 4.69) is 66.8 Å². The fourth-order valence-corrected chi connectivity index (χ4v) is 3.17. The lowest BCUT2D eigenvalue weighted by atomic mass is 10.1. The van der Waals surface area contributed by atoms with Gasteiger partial charge in [-0.05, 0) is 30.0 Å². The summed E-state index contributed by atoms with van der Waals surface area (Å²) in [5.41, 5.74) is 1.21. The Morgan fingerprint density at radius 3 is 2.53 bits per heavy atom. The minimum Gasteiger partial charge on any atom is -0.380 e. The molecule has 2 heteroatoms. The number of nitrogens with one attached hydrogen (secondary N) is 1. The lowest BCUT2D eigenvalue weighted by molar-refractivity contribution is 1.19. The van der Waals surface area contributed by atoms with E-state index in [4.69, 9.17) is 0 Å². The van der Waals surface area contributed by atoms with Crippen LogP contribution in [-0.2, 0) is 13.0 Å². The van der Waals surface area contributed by atoms with E-state index in [0.717, 1.165) is 13.0 Å². The molecule has 1 aromatic heterocycles. The van der Waals surface area contributed by atoms with Gasteiger partial charge in [0.15, 0.2) is 0 Å². The van der Waals surface area contributed by atoms with Crippen molar-refractivity contribution in [1.82, 2.24) is 0 Å². The number of thiophene rings is 1. The third-order valence-electron chi connectivity index (χ3n) is 3.31. The van der Waals surface area contributed by atoms with Crippen molar-refractivity contribution in [2.75, 3.05) is 5.32 Å². The van der Waals surface area contributed by atoms with Gasteiger partial charge in [0, 0.05) is 27.4 Å². The SMILES string of the molecule is CCc1ccc(CNc2cccc3ccccc23)s1. The standard InChI is InChI=1S/C17H17NS/c1-2-14-10-11-15(19-14)12-18-17-9-5-7-13-6-3-4-8-16(13)17/h3-11,18H,2,12H2,1H3. The molecule has 1 N–H and O–H groups in total. The minimum atomic E-state index is 0.901. The summed E-state index contributed by atoms with van der Waals surface area (Å²) < 4.78 is 0. The van der Waals surface area contributed by atoms with Crippen LogP contribution in [0.4, 0.5) is 5.69 Å². The Balaban J connectivity index is 1.81. The number of hydrogen-bond donors (Lipinski definition) is 1. The van der Waals surface area contributed by atoms with Crippen molar-refractivity contribution in [3.05, 3.63) is 64.4 Å². The molecule has 19 heavy (non-hydrogen) atoms. The lowest BCUT2D eigenvalue weighted by Crippen LogP contribution is -1.97. The first-order valence-electron chi connectivity index (χ1n) is 6.66. The fraction of sp³-hybridized carbons (Fsp3) is 0.176. The molecule has 0 aliphatic rings. The minimum absolute atomic E-state index is 0.901. The normalized spacial score (nSPS) is 10.8. The van der Waals surface area contributed by atoms with Crippen molar-refractivity contribution in [1.29, 1.82) is 0 Å². The second-order valence-corrected chi connectivity index (χ2v) is 5.85. The molecular weight excluding hydrogens is 250 g/mol. The van der Waals surface area contributed by atoms with E-state index in [1.54, 1.807) is 0 Å². The van der Waals surface area contributed by atoms with Gasteiger partial charge >= 0.3 is 0 Å². The summed E-state index contributed by atoms with van der Waals surface area (Å²) in [6.45, 7) is 3.10. The van der Waals surface area contributed by atoms with Gasteiger partial charge < -0.3 is 5.32 Å². The van der Waals surface area contributed by atoms with Crippen LogP contribution in [-0.4, -0.2) is 0 Å². The molecule has 0 radical (unpaired) electrons. The third kappa shape index (κ3) is 2.64. The van der Waals surface area contributed by atoms with E-state index >= 15 is 0 Å². The number of rotatable bonds is 4. The number of anilines is 1. The average molecular weight is 267 g/mol. The van der Waals surface area contributed by atoms with E-state index in [1.807, 2.05) is 11.3 Å². The maximum atomic E-state index is 3.55. The Labute approximate surface area is 117 Å². The lowest BCUT2D eigenvalue weighted by Gasteiger charge is -2.08. The largest absolute Gasteiger partial charge is 0.380 e. The first-order chi connectivity index (χ1) is 9.36. The zero-order chi connectivity index (χ0) is 13.1. The van der Waals surface area contributed by atoms with Crippen molar-refractivity contribution in [3.8, 4) is 0 Å². The molecule has 3 rings (SSSR count). The smallest absolute Gasteiger partial charge is 0.0494 e. The second-order valence-electron chi connectivity index (χ2n) is 4.60. The van der Waals surface area contributed by atoms with Crippen LogP contribution >= 0.6 is 11.3 Å². The summed E-state index contributed by atoms with van der Waals surface area (Å²) in [4.78, 5) is 2.85. The van der Waals surface area contributed by atoms with Crippen LogP contribution in [0.3, 0.4) is 0 Å². The Hall–Kier alpha value is -1.80. The molecular formula is C17H17NS. The van der Waals surface area contributed by atoms with Crippen LogP contribution in [0.15, 0.2) is 54.6 Å². The van der Waals surface area contributed by atoms with Gasteiger partial charge in [-0.1, -0.05) is 43.3 Å². The molecule has 0 aliphatic heterocycles. The molecule has 0 unspecified atom stereocenters. The van der Waals surface area contributed by atoms with Gasteiger partial charge in [0.1, 0.15) is 0 Å². The highest BCUT2D eigenvalue weighted by molar-refractivity contribution is 7.12. The molecule has 0 bridgehead atoms. The molecule has 0 spiro atoms. The van der Waals surface area contributed by atoms with Crippen LogP contribution in [0, 0.1) is 0 Å². The van der Waals surface area contributed by atoms with Crippen molar-refractivity contribution in [2.45, 2.75) is 19.9 Å². The molecule has 96 valence electrons. The summed E-state index contributed by atoms with van der Waals surface area (Å²) in [5, 5.41) is 6.13. The van der Waals surface area contributed by atoms with E-state index in [1.165, 1.54) is 26.2 Å². The molecule has 0 saturated carbocycles. The van der Waals surface area contributed by atoms with Crippen molar-refractivity contribution >= 4 is 27.8 Å². The zero-order valence-corrected chi connectivity index (χ0v) is 11.8. The van der Waals surface area contributed by atoms with Gasteiger partial charge in [0.2, 0.25) is 0 Å². The van der Waals surface area contributed by atoms with Gasteiger partial charge in [-0.25, -0.2) is 0 Å². The van der Waals surface area contributed by atoms with E-state index in [9.17, 15) is 0 Å². The predicted octanol–water partition coefficient (Wildman–Crippen LogP) is 5.08. The summed E-state index contributed by atoms with van der Waals surface area (Å²) in [5.74, 6) is 0. The molecule has 0 atom stereocenters. The highest BCUT2D eigenvalue weighted by atomic mass is 32.1. The first kappa shape index (κ1) is 12.2. The highest BCUT2D eigenvalue weighted by Gasteiger charge is 2.01. The van der Waals surface area contributed by atoms with Crippen molar-refractivity contribution in [2.24, 2.45) is 0 Å². The summed E-state index contributed by atoms with van der Waals surface area (Å²) in [7, 11) is 0. The quantitative estimate of drug-likeness (QED) is 0.695. The fourth-order valence-electron chi connectivity index (χ4n) is 2.27. The van der Waals surface area contributed by atoms with Crippen LogP contribution in [0.1, 0.15) is 16.7 Å². The Morgan fingerprint density at radius 2 is 1.68 bits per heavy atom. The molecule has 0 saturated heterocycles. The highest BCUT2D eigenvalue weighted by Crippen LogP contribution is 2.24. The number of fused-ring (bicyclic) bond motifs is 1. The van der Waals surface area contributed by atoms with Gasteiger partial charge in [-0.3, -0.25) is 0 Å². The number of benzene rings is 2. The topological polar surface area (TPSA) is 12.0 Å². The van der Waals surface area contributed by atoms with Crippen LogP contribution in [0.2, 0.25) is 0 Å². The van der Waals surface area contributed by atoms with Crippen molar-refractivity contribution in [3.63, 3.8) is 0 Å². The van der Waals surface area contributed by atoms with Gasteiger partial charge in [0.05, 0.1) is 0 Å². The predicted molar refractivity (Wildman–Crippen MR) is 85.0 cm³/mol. The molecule has 2 aromatic carbocycles. The Bertz CT molecular complexity index is 679. The summed E-state index contributed by atoms with van der Waals surface area (Å²) >= 11 is 1.90. The Morgan fingerprint density at radius 1 is 0.895 bits per heavy atom. The Kier molecular flexibility index (Phi) is 3.51. The maximum absolute atomic E-state index is 3.55. The third-order valence-corrected chi connectivity index (χ3v) is 4.54. The monoisotopic (exact) mass is 267 g/mol. The zero-order valence-electron chi connectivity index (χ0n) is 11.0. The van der Waals surface area contributed by atoms with Gasteiger partial charge in [-0.2, -0.15) is 0 Å². The maximum Gasteiger partial charge on any atom is 0.0494 e. The van der Waals surface area contributed by atoms with Gasteiger partial charge in [-0.15, -0.1) is 11.3 Å². The number of hydrogen-bond acceptors (Lipinski definition) is 2. The molecule has 0 amide bonds. The van der Waals surface area contributed by atoms with Gasteiger partial charge in [0.25, 0.3) is 0 Å².